The van der Waals surface area contributed by atoms with Crippen molar-refractivity contribution >= 4 is 129 Å². The van der Waals surface area contributed by atoms with Gasteiger partial charge in [0.15, 0.2) is 0 Å². The number of hydrogen-bond donors (Lipinski definition) is 2. The molecule has 0 saturated heterocycles. The normalized spacial score (nSPS) is 13.7. The molecule has 0 radical (unpaired) electrons. The van der Waals surface area contributed by atoms with Crippen LogP contribution in [0.3, 0.4) is 0 Å². The molecule has 0 bridgehead atoms. The Labute approximate surface area is 330 Å². The summed E-state index contributed by atoms with van der Waals surface area (Å²) in [4.78, 5) is 14.6. The number of carbonyl (C=O) groups excluding carboxylic acids is 1. The standard InChI is InChI=1S/C23H20Br4N4O9S2.2Na/c1-31(23(34)16(27)10-25)13-3-4-14-11(6-13)7-19(42(38,39)40)20(21(14)32)30-29-17-8-12(28-22(33)15(26)9-24)2-5-18(17)41(35,36)37;;/h2-8,15-16,32H,9-10H2,1H3,(H,28,33)(H,35,36,37)(H,38,39,40);;/q;2*+1/p-2. The summed E-state index contributed by atoms with van der Waals surface area (Å²) < 4.78 is 67.9. The Bertz CT molecular complexity index is 1830. The Balaban J connectivity index is 0.00000484. The molecule has 0 aromatic heterocycles. The van der Waals surface area contributed by atoms with Crippen molar-refractivity contribution in [2.45, 2.75) is 19.4 Å². The number of carbonyl (C=O) groups is 1. The second kappa shape index (κ2) is 17.4. The molecule has 3 aromatic rings. The smallest absolute Gasteiger partial charge is 0.871 e. The quantitative estimate of drug-likeness (QED) is 0.0605. The molecule has 3 rings (SSSR count). The minimum atomic E-state index is -5.08. The number of rotatable bonds is 10. The van der Waals surface area contributed by atoms with Gasteiger partial charge in [0.25, 0.3) is 20.2 Å². The van der Waals surface area contributed by atoms with E-state index in [-0.39, 0.29) is 86.8 Å². The van der Waals surface area contributed by atoms with Crippen LogP contribution >= 0.6 is 63.7 Å². The van der Waals surface area contributed by atoms with Gasteiger partial charge in [-0.25, -0.2) is 0 Å². The van der Waals surface area contributed by atoms with Gasteiger partial charge in [-0.1, -0.05) is 75.5 Å². The summed E-state index contributed by atoms with van der Waals surface area (Å²) in [6.07, 6.45) is 0. The van der Waals surface area contributed by atoms with Gasteiger partial charge in [0.05, 0.1) is 16.2 Å². The van der Waals surface area contributed by atoms with E-state index in [9.17, 15) is 40.9 Å². The van der Waals surface area contributed by atoms with Crippen LogP contribution in [-0.2, 0) is 25.0 Å². The van der Waals surface area contributed by atoms with E-state index in [0.29, 0.717) is 11.0 Å². The number of azo groups is 1. The molecule has 0 spiro atoms. The van der Waals surface area contributed by atoms with Crippen molar-refractivity contribution in [2.75, 3.05) is 22.6 Å². The molecule has 0 aliphatic rings. The molecule has 2 unspecified atom stereocenters. The van der Waals surface area contributed by atoms with Crippen molar-refractivity contribution in [3.8, 4) is 5.75 Å². The van der Waals surface area contributed by atoms with E-state index in [2.05, 4.69) is 78.9 Å². The summed E-state index contributed by atoms with van der Waals surface area (Å²) in [6, 6.07) is 8.04. The van der Waals surface area contributed by atoms with Crippen molar-refractivity contribution < 1.29 is 100 Å². The number of aliphatic imine (C=N–C) groups is 1. The molecule has 0 heterocycles. The number of amides is 1. The average Bonchev–Trinajstić information content (AvgIpc) is 2.93. The Morgan fingerprint density at radius 3 is 2.05 bits per heavy atom. The van der Waals surface area contributed by atoms with Crippen molar-refractivity contribution in [3.63, 3.8) is 0 Å². The molecule has 0 saturated carbocycles. The zero-order valence-electron chi connectivity index (χ0n) is 23.0. The molecule has 0 aliphatic heterocycles. The monoisotopic (exact) mass is 920 g/mol. The molecule has 44 heavy (non-hydrogen) atoms. The van der Waals surface area contributed by atoms with Crippen LogP contribution in [0.25, 0.3) is 10.8 Å². The van der Waals surface area contributed by atoms with Gasteiger partial charge in [-0.2, -0.15) is 16.8 Å². The van der Waals surface area contributed by atoms with Gasteiger partial charge in [0.2, 0.25) is 5.91 Å². The second-order valence-corrected chi connectivity index (χ2v) is 14.6. The fourth-order valence-electron chi connectivity index (χ4n) is 3.47. The fourth-order valence-corrected chi connectivity index (χ4v) is 5.69. The molecule has 2 N–H and O–H groups in total. The van der Waals surface area contributed by atoms with Crippen LogP contribution in [0.15, 0.2) is 67.5 Å². The first kappa shape index (κ1) is 42.0. The van der Waals surface area contributed by atoms with Crippen molar-refractivity contribution in [1.82, 2.24) is 0 Å². The SMILES string of the molecule is CN(C(=O)C(Br)CBr)c1ccc2c([O-])c(N=Nc3cc(N=C([O-])C(Br)CBr)ccc3S(=O)(=O)O)c(S(=O)(=O)O)cc2c1.[Na+].[Na+]. The molecule has 3 aromatic carbocycles. The van der Waals surface area contributed by atoms with Crippen LogP contribution in [0.2, 0.25) is 0 Å². The molecule has 226 valence electrons. The Morgan fingerprint density at radius 1 is 0.909 bits per heavy atom. The van der Waals surface area contributed by atoms with Gasteiger partial charge in [0.1, 0.15) is 20.3 Å². The maximum atomic E-state index is 13.3. The van der Waals surface area contributed by atoms with E-state index in [1.54, 1.807) is 0 Å². The van der Waals surface area contributed by atoms with Gasteiger partial charge in [-0.05, 0) is 53.1 Å². The number of nitrogens with zero attached hydrogens (tertiary/aromatic N) is 4. The Hall–Kier alpha value is 0.000000000000000444. The Kier molecular flexibility index (Phi) is 16.6. The van der Waals surface area contributed by atoms with Crippen molar-refractivity contribution in [1.29, 1.82) is 0 Å². The molecule has 0 fully saturated rings. The molecule has 13 nitrogen and oxygen atoms in total. The van der Waals surface area contributed by atoms with Gasteiger partial charge in [-0.15, -0.1) is 10.2 Å². The molecule has 1 amide bonds. The van der Waals surface area contributed by atoms with E-state index >= 15 is 0 Å². The summed E-state index contributed by atoms with van der Waals surface area (Å²) in [5.41, 5.74) is -1.21. The summed E-state index contributed by atoms with van der Waals surface area (Å²) in [7, 11) is -8.50. The maximum Gasteiger partial charge on any atom is 1.00 e. The van der Waals surface area contributed by atoms with Crippen molar-refractivity contribution in [3.05, 3.63) is 42.5 Å². The predicted molar refractivity (Wildman–Crippen MR) is 167 cm³/mol. The van der Waals surface area contributed by atoms with Gasteiger partial charge in [0, 0.05) is 23.4 Å². The summed E-state index contributed by atoms with van der Waals surface area (Å²) in [5.74, 6) is -1.96. The van der Waals surface area contributed by atoms with Crippen LogP contribution in [0.4, 0.5) is 22.7 Å². The molecule has 21 heteroatoms. The minimum Gasteiger partial charge on any atom is -0.871 e. The maximum absolute atomic E-state index is 13.3. The summed E-state index contributed by atoms with van der Waals surface area (Å²) >= 11 is 12.6. The number of anilines is 1. The number of alkyl halides is 4. The van der Waals surface area contributed by atoms with Gasteiger partial charge >= 0.3 is 59.1 Å². The topological polar surface area (TPSA) is 212 Å². The third kappa shape index (κ3) is 10.2. The number of halogens is 4. The third-order valence-corrected chi connectivity index (χ3v) is 11.8. The molecule has 2 atom stereocenters. The van der Waals surface area contributed by atoms with Crippen molar-refractivity contribution in [2.24, 2.45) is 15.2 Å². The molecule has 0 aliphatic carbocycles. The summed E-state index contributed by atoms with van der Waals surface area (Å²) in [5, 5.41) is 33.3. The zero-order chi connectivity index (χ0) is 31.6. The second-order valence-electron chi connectivity index (χ2n) is 8.35. The van der Waals surface area contributed by atoms with Crippen LogP contribution in [0, 0.1) is 0 Å². The van der Waals surface area contributed by atoms with E-state index in [1.807, 2.05) is 0 Å². The largest absolute Gasteiger partial charge is 1.00 e. The minimum absolute atomic E-state index is 0. The van der Waals surface area contributed by atoms with E-state index < -0.39 is 62.7 Å². The first-order valence-electron chi connectivity index (χ1n) is 11.2. The van der Waals surface area contributed by atoms with Gasteiger partial charge in [-0.3, -0.25) is 18.9 Å². The number of hydrogen-bond acceptors (Lipinski definition) is 10. The van der Waals surface area contributed by atoms with Crippen LogP contribution < -0.4 is 74.2 Å². The van der Waals surface area contributed by atoms with Crippen LogP contribution in [0.5, 0.6) is 5.75 Å². The van der Waals surface area contributed by atoms with E-state index in [4.69, 9.17) is 0 Å². The first-order chi connectivity index (χ1) is 19.5. The zero-order valence-corrected chi connectivity index (χ0v) is 35.0. The number of fused-ring (bicyclic) bond motifs is 1. The molecular weight excluding hydrogens is 906 g/mol. The van der Waals surface area contributed by atoms with E-state index in [0.717, 1.165) is 24.3 Å². The Morgan fingerprint density at radius 2 is 1.50 bits per heavy atom. The predicted octanol–water partition coefficient (Wildman–Crippen LogP) is -1.50. The number of benzene rings is 3. The molecular formula is C23H18Br4N4Na2O9S2. The van der Waals surface area contributed by atoms with E-state index in [1.165, 1.54) is 30.1 Å². The third-order valence-electron chi connectivity index (χ3n) is 5.53. The van der Waals surface area contributed by atoms with Crippen LogP contribution in [-0.4, -0.2) is 65.1 Å². The summed E-state index contributed by atoms with van der Waals surface area (Å²) in [6.45, 7) is 0. The first-order valence-corrected chi connectivity index (χ1v) is 18.2. The average molecular weight is 924 g/mol. The fraction of sp³-hybridized carbons (Fsp3) is 0.217. The van der Waals surface area contributed by atoms with Crippen LogP contribution in [0.1, 0.15) is 0 Å². The van der Waals surface area contributed by atoms with Gasteiger partial charge < -0.3 is 15.1 Å².